The molecule has 1 N–H and O–H groups in total. The average molecular weight is 398 g/mol. The monoisotopic (exact) mass is 398 g/mol. The van der Waals surface area contributed by atoms with Crippen molar-refractivity contribution in [1.82, 2.24) is 4.90 Å². The summed E-state index contributed by atoms with van der Waals surface area (Å²) in [6.45, 7) is 5.70. The van der Waals surface area contributed by atoms with Crippen LogP contribution in [0.3, 0.4) is 0 Å². The van der Waals surface area contributed by atoms with Crippen molar-refractivity contribution in [2.24, 2.45) is 0 Å². The summed E-state index contributed by atoms with van der Waals surface area (Å²) in [5.74, 6) is 0.0992. The number of nitrogens with one attached hydrogen (secondary N) is 1. The van der Waals surface area contributed by atoms with Crippen LogP contribution < -0.4 is 14.8 Å². The number of aryl methyl sites for hydroxylation is 2. The number of rotatable bonds is 9. The zero-order valence-corrected chi connectivity index (χ0v) is 17.2. The fourth-order valence-electron chi connectivity index (χ4n) is 2.60. The van der Waals surface area contributed by atoms with Crippen molar-refractivity contribution >= 4 is 23.8 Å². The van der Waals surface area contributed by atoms with Gasteiger partial charge in [0.1, 0.15) is 6.29 Å². The molecule has 0 fully saturated rings. The quantitative estimate of drug-likeness (QED) is 0.657. The number of anilines is 1. The van der Waals surface area contributed by atoms with Gasteiger partial charge in [-0.1, -0.05) is 12.1 Å². The van der Waals surface area contributed by atoms with Gasteiger partial charge in [-0.05, 0) is 56.2 Å². The van der Waals surface area contributed by atoms with Crippen molar-refractivity contribution in [1.29, 1.82) is 0 Å². The SMILES string of the molecule is CCOc1cc(C=O)ccc1OCC(=O)N(C)CC(=O)Nc1cc(C)ccc1C. The smallest absolute Gasteiger partial charge is 0.260 e. The fourth-order valence-corrected chi connectivity index (χ4v) is 2.60. The van der Waals surface area contributed by atoms with Crippen LogP contribution in [0.25, 0.3) is 0 Å². The lowest BCUT2D eigenvalue weighted by Gasteiger charge is -2.18. The molecule has 0 radical (unpaired) electrons. The normalized spacial score (nSPS) is 10.2. The first-order valence-corrected chi connectivity index (χ1v) is 9.30. The highest BCUT2D eigenvalue weighted by Gasteiger charge is 2.16. The number of hydrogen-bond donors (Lipinski definition) is 1. The van der Waals surface area contributed by atoms with Crippen molar-refractivity contribution in [3.63, 3.8) is 0 Å². The third-order valence-electron chi connectivity index (χ3n) is 4.23. The molecule has 2 aromatic rings. The Kier molecular flexibility index (Phi) is 7.77. The lowest BCUT2D eigenvalue weighted by atomic mass is 10.1. The summed E-state index contributed by atoms with van der Waals surface area (Å²) in [7, 11) is 1.54. The van der Waals surface area contributed by atoms with E-state index in [1.54, 1.807) is 18.2 Å². The van der Waals surface area contributed by atoms with Crippen LogP contribution in [0.1, 0.15) is 28.4 Å². The van der Waals surface area contributed by atoms with E-state index in [9.17, 15) is 14.4 Å². The summed E-state index contributed by atoms with van der Waals surface area (Å²) in [5, 5.41) is 2.82. The van der Waals surface area contributed by atoms with Crippen molar-refractivity contribution in [3.8, 4) is 11.5 Å². The lowest BCUT2D eigenvalue weighted by molar-refractivity contribution is -0.135. The van der Waals surface area contributed by atoms with Gasteiger partial charge in [-0.15, -0.1) is 0 Å². The maximum Gasteiger partial charge on any atom is 0.260 e. The molecule has 0 aromatic heterocycles. The highest BCUT2D eigenvalue weighted by atomic mass is 16.5. The van der Waals surface area contributed by atoms with Crippen LogP contribution >= 0.6 is 0 Å². The Morgan fingerprint density at radius 1 is 1.07 bits per heavy atom. The van der Waals surface area contributed by atoms with Gasteiger partial charge in [0.15, 0.2) is 18.1 Å². The standard InChI is InChI=1S/C22H26N2O5/c1-5-28-20-11-17(13-25)8-9-19(20)29-14-22(27)24(4)12-21(26)23-18-10-15(2)6-7-16(18)3/h6-11,13H,5,12,14H2,1-4H3,(H,23,26). The number of nitrogens with zero attached hydrogens (tertiary/aromatic N) is 1. The molecule has 0 aliphatic heterocycles. The Morgan fingerprint density at radius 3 is 2.52 bits per heavy atom. The molecule has 2 rings (SSSR count). The topological polar surface area (TPSA) is 84.9 Å². The van der Waals surface area contributed by atoms with E-state index < -0.39 is 0 Å². The summed E-state index contributed by atoms with van der Waals surface area (Å²) in [6.07, 6.45) is 0.708. The van der Waals surface area contributed by atoms with Gasteiger partial charge in [0.05, 0.1) is 13.2 Å². The van der Waals surface area contributed by atoms with E-state index in [-0.39, 0.29) is 25.0 Å². The number of aldehydes is 1. The number of likely N-dealkylation sites (N-methyl/N-ethyl adjacent to an activating group) is 1. The molecule has 154 valence electrons. The van der Waals surface area contributed by atoms with Gasteiger partial charge in [0, 0.05) is 18.3 Å². The molecule has 0 heterocycles. The number of hydrogen-bond acceptors (Lipinski definition) is 5. The van der Waals surface area contributed by atoms with Crippen molar-refractivity contribution in [3.05, 3.63) is 53.1 Å². The third-order valence-corrected chi connectivity index (χ3v) is 4.23. The molecule has 0 unspecified atom stereocenters. The molecule has 0 saturated carbocycles. The van der Waals surface area contributed by atoms with Gasteiger partial charge in [0.25, 0.3) is 5.91 Å². The van der Waals surface area contributed by atoms with Gasteiger partial charge >= 0.3 is 0 Å². The molecule has 2 aromatic carbocycles. The van der Waals surface area contributed by atoms with E-state index in [0.717, 1.165) is 16.8 Å². The van der Waals surface area contributed by atoms with Crippen LogP contribution in [-0.2, 0) is 9.59 Å². The van der Waals surface area contributed by atoms with E-state index in [4.69, 9.17) is 9.47 Å². The minimum Gasteiger partial charge on any atom is -0.490 e. The lowest BCUT2D eigenvalue weighted by Crippen LogP contribution is -2.37. The molecule has 0 aliphatic carbocycles. The summed E-state index contributed by atoms with van der Waals surface area (Å²) < 4.78 is 11.0. The molecular formula is C22H26N2O5. The highest BCUT2D eigenvalue weighted by Crippen LogP contribution is 2.28. The minimum atomic E-state index is -0.358. The fraction of sp³-hybridized carbons (Fsp3) is 0.318. The second-order valence-corrected chi connectivity index (χ2v) is 6.66. The van der Waals surface area contributed by atoms with Crippen molar-refractivity contribution < 1.29 is 23.9 Å². The molecule has 2 amide bonds. The minimum absolute atomic E-state index is 0.0992. The summed E-state index contributed by atoms with van der Waals surface area (Å²) in [6, 6.07) is 10.5. The van der Waals surface area contributed by atoms with E-state index in [1.807, 2.05) is 39.0 Å². The highest BCUT2D eigenvalue weighted by molar-refractivity contribution is 5.95. The van der Waals surface area contributed by atoms with E-state index in [0.29, 0.717) is 30.0 Å². The average Bonchev–Trinajstić information content (AvgIpc) is 2.69. The Labute approximate surface area is 170 Å². The molecule has 0 aliphatic rings. The first-order valence-electron chi connectivity index (χ1n) is 9.30. The van der Waals surface area contributed by atoms with Crippen LogP contribution in [-0.4, -0.2) is 49.8 Å². The number of benzene rings is 2. The van der Waals surface area contributed by atoms with Gasteiger partial charge in [-0.25, -0.2) is 0 Å². The maximum absolute atomic E-state index is 12.3. The molecule has 0 atom stereocenters. The second kappa shape index (κ2) is 10.3. The third kappa shape index (κ3) is 6.34. The van der Waals surface area contributed by atoms with E-state index in [1.165, 1.54) is 11.9 Å². The summed E-state index contributed by atoms with van der Waals surface area (Å²) >= 11 is 0. The number of ether oxygens (including phenoxy) is 2. The molecule has 0 spiro atoms. The molecule has 0 bridgehead atoms. The Balaban J connectivity index is 1.93. The first-order chi connectivity index (χ1) is 13.8. The molecular weight excluding hydrogens is 372 g/mol. The molecule has 29 heavy (non-hydrogen) atoms. The van der Waals surface area contributed by atoms with Gasteiger partial charge in [0.2, 0.25) is 5.91 Å². The van der Waals surface area contributed by atoms with Gasteiger partial charge in [-0.2, -0.15) is 0 Å². The summed E-state index contributed by atoms with van der Waals surface area (Å²) in [4.78, 5) is 36.8. The Bertz CT molecular complexity index is 895. The Hall–Kier alpha value is -3.35. The first kappa shape index (κ1) is 21.9. The number of amides is 2. The van der Waals surface area contributed by atoms with Crippen LogP contribution in [0, 0.1) is 13.8 Å². The largest absolute Gasteiger partial charge is 0.490 e. The summed E-state index contributed by atoms with van der Waals surface area (Å²) in [5.41, 5.74) is 3.16. The van der Waals surface area contributed by atoms with Crippen LogP contribution in [0.15, 0.2) is 36.4 Å². The van der Waals surface area contributed by atoms with Gasteiger partial charge in [-0.3, -0.25) is 14.4 Å². The van der Waals surface area contributed by atoms with E-state index in [2.05, 4.69) is 5.32 Å². The Morgan fingerprint density at radius 2 is 1.83 bits per heavy atom. The van der Waals surface area contributed by atoms with Gasteiger partial charge < -0.3 is 19.7 Å². The van der Waals surface area contributed by atoms with Crippen LogP contribution in [0.4, 0.5) is 5.69 Å². The second-order valence-electron chi connectivity index (χ2n) is 6.66. The maximum atomic E-state index is 12.3. The van der Waals surface area contributed by atoms with Crippen LogP contribution in [0.5, 0.6) is 11.5 Å². The van der Waals surface area contributed by atoms with Crippen molar-refractivity contribution in [2.45, 2.75) is 20.8 Å². The van der Waals surface area contributed by atoms with Crippen LogP contribution in [0.2, 0.25) is 0 Å². The number of carbonyl (C=O) groups excluding carboxylic acids is 3. The molecule has 0 saturated heterocycles. The number of carbonyl (C=O) groups is 3. The predicted molar refractivity (Wildman–Crippen MR) is 111 cm³/mol. The zero-order chi connectivity index (χ0) is 21.4. The van der Waals surface area contributed by atoms with Crippen molar-refractivity contribution in [2.75, 3.05) is 32.1 Å². The predicted octanol–water partition coefficient (Wildman–Crippen LogP) is 2.99. The zero-order valence-electron chi connectivity index (χ0n) is 17.2. The molecule has 7 heteroatoms. The van der Waals surface area contributed by atoms with E-state index >= 15 is 0 Å². The molecule has 7 nitrogen and oxygen atoms in total.